The Kier molecular flexibility index (Phi) is 3.29. The molecule has 0 bridgehead atoms. The molecule has 12 heavy (non-hydrogen) atoms. The fourth-order valence-electron chi connectivity index (χ4n) is 1.33. The molecule has 0 aliphatic heterocycles. The number of carbonyl (C=O) groups excluding carboxylic acids is 1. The van der Waals surface area contributed by atoms with Crippen LogP contribution in [0.25, 0.3) is 0 Å². The Hall–Kier alpha value is -0.830. The summed E-state index contributed by atoms with van der Waals surface area (Å²) in [5.74, 6) is -0.201. The van der Waals surface area contributed by atoms with Gasteiger partial charge in [-0.3, -0.25) is 0 Å². The van der Waals surface area contributed by atoms with Crippen LogP contribution in [0.2, 0.25) is 0 Å². The molecule has 0 aromatic carbocycles. The van der Waals surface area contributed by atoms with Gasteiger partial charge in [-0.2, -0.15) is 0 Å². The van der Waals surface area contributed by atoms with Crippen LogP contribution in [0.3, 0.4) is 0 Å². The second-order valence-electron chi connectivity index (χ2n) is 2.99. The number of nitrogens with two attached hydrogens (primary N) is 1. The van der Waals surface area contributed by atoms with E-state index in [4.69, 9.17) is 10.5 Å². The third-order valence-corrected chi connectivity index (χ3v) is 1.95. The summed E-state index contributed by atoms with van der Waals surface area (Å²) in [4.78, 5) is 11.2. The van der Waals surface area contributed by atoms with Crippen molar-refractivity contribution >= 4 is 5.97 Å². The van der Waals surface area contributed by atoms with Gasteiger partial charge in [-0.15, -0.1) is 0 Å². The number of hydrogen-bond acceptors (Lipinski definition) is 3. The minimum atomic E-state index is -0.201. The molecule has 68 valence electrons. The summed E-state index contributed by atoms with van der Waals surface area (Å²) in [6, 6.07) is 0.134. The molecule has 0 heterocycles. The molecule has 1 atom stereocenters. The zero-order valence-corrected chi connectivity index (χ0v) is 7.38. The zero-order chi connectivity index (χ0) is 8.97. The highest BCUT2D eigenvalue weighted by atomic mass is 16.5. The van der Waals surface area contributed by atoms with Crippen LogP contribution in [0.5, 0.6) is 0 Å². The van der Waals surface area contributed by atoms with Gasteiger partial charge in [0.05, 0.1) is 6.61 Å². The van der Waals surface area contributed by atoms with Crippen LogP contribution in [-0.2, 0) is 9.53 Å². The first-order valence-corrected chi connectivity index (χ1v) is 4.35. The number of rotatable bonds is 2. The van der Waals surface area contributed by atoms with E-state index in [2.05, 4.69) is 0 Å². The third kappa shape index (κ3) is 2.34. The molecule has 0 aromatic heterocycles. The lowest BCUT2D eigenvalue weighted by Gasteiger charge is -2.17. The molecule has 0 radical (unpaired) electrons. The molecule has 0 fully saturated rings. The number of ether oxygens (including phenoxy) is 1. The third-order valence-electron chi connectivity index (χ3n) is 1.95. The molecule has 3 heteroatoms. The lowest BCUT2D eigenvalue weighted by molar-refractivity contribution is -0.138. The molecular weight excluding hydrogens is 154 g/mol. The van der Waals surface area contributed by atoms with Gasteiger partial charge in [-0.05, 0) is 26.2 Å². The van der Waals surface area contributed by atoms with Gasteiger partial charge in [0.1, 0.15) is 0 Å². The fraction of sp³-hybridized carbons (Fsp3) is 0.667. The molecule has 0 saturated heterocycles. The number of carbonyl (C=O) groups is 1. The van der Waals surface area contributed by atoms with Gasteiger partial charge in [0.15, 0.2) is 0 Å². The Morgan fingerprint density at radius 3 is 3.17 bits per heavy atom. The average molecular weight is 169 g/mol. The highest BCUT2D eigenvalue weighted by molar-refractivity contribution is 5.88. The van der Waals surface area contributed by atoms with Gasteiger partial charge in [0.25, 0.3) is 0 Å². The van der Waals surface area contributed by atoms with Crippen molar-refractivity contribution in [1.82, 2.24) is 0 Å². The molecular formula is C9H15NO2. The van der Waals surface area contributed by atoms with Crippen LogP contribution in [0.4, 0.5) is 0 Å². The molecule has 1 aliphatic rings. The predicted octanol–water partition coefficient (Wildman–Crippen LogP) is 0.987. The molecule has 0 aromatic rings. The van der Waals surface area contributed by atoms with Crippen molar-refractivity contribution in [1.29, 1.82) is 0 Å². The summed E-state index contributed by atoms with van der Waals surface area (Å²) < 4.78 is 4.87. The first kappa shape index (κ1) is 9.26. The van der Waals surface area contributed by atoms with E-state index in [1.54, 1.807) is 6.92 Å². The van der Waals surface area contributed by atoms with Gasteiger partial charge in [-0.25, -0.2) is 4.79 Å². The Balaban J connectivity index is 2.50. The normalized spacial score (nSPS) is 23.2. The van der Waals surface area contributed by atoms with Gasteiger partial charge < -0.3 is 10.5 Å². The SMILES string of the molecule is CCOC(=O)C1=CCCC(N)C1. The van der Waals surface area contributed by atoms with Crippen LogP contribution < -0.4 is 5.73 Å². The van der Waals surface area contributed by atoms with Crippen LogP contribution >= 0.6 is 0 Å². The van der Waals surface area contributed by atoms with E-state index in [0.29, 0.717) is 13.0 Å². The van der Waals surface area contributed by atoms with Crippen molar-refractivity contribution in [2.75, 3.05) is 6.61 Å². The van der Waals surface area contributed by atoms with Gasteiger partial charge >= 0.3 is 5.97 Å². The van der Waals surface area contributed by atoms with E-state index < -0.39 is 0 Å². The molecule has 1 unspecified atom stereocenters. The number of hydrogen-bond donors (Lipinski definition) is 1. The topological polar surface area (TPSA) is 52.3 Å². The second kappa shape index (κ2) is 4.26. The predicted molar refractivity (Wildman–Crippen MR) is 46.5 cm³/mol. The van der Waals surface area contributed by atoms with Crippen LogP contribution in [0.15, 0.2) is 11.6 Å². The fourth-order valence-corrected chi connectivity index (χ4v) is 1.33. The van der Waals surface area contributed by atoms with E-state index in [0.717, 1.165) is 18.4 Å². The summed E-state index contributed by atoms with van der Waals surface area (Å²) >= 11 is 0. The van der Waals surface area contributed by atoms with Crippen molar-refractivity contribution in [3.8, 4) is 0 Å². The summed E-state index contributed by atoms with van der Waals surface area (Å²) in [5, 5.41) is 0. The lowest BCUT2D eigenvalue weighted by atomic mass is 9.96. The summed E-state index contributed by atoms with van der Waals surface area (Å²) in [7, 11) is 0. The Labute approximate surface area is 72.6 Å². The minimum absolute atomic E-state index is 0.134. The molecule has 0 spiro atoms. The van der Waals surface area contributed by atoms with E-state index in [-0.39, 0.29) is 12.0 Å². The molecule has 0 amide bonds. The highest BCUT2D eigenvalue weighted by Gasteiger charge is 2.17. The molecule has 2 N–H and O–H groups in total. The number of esters is 1. The summed E-state index contributed by atoms with van der Waals surface area (Å²) in [6.45, 7) is 2.24. The van der Waals surface area contributed by atoms with Crippen LogP contribution in [-0.4, -0.2) is 18.6 Å². The smallest absolute Gasteiger partial charge is 0.333 e. The van der Waals surface area contributed by atoms with Crippen molar-refractivity contribution in [3.63, 3.8) is 0 Å². The second-order valence-corrected chi connectivity index (χ2v) is 2.99. The van der Waals surface area contributed by atoms with E-state index >= 15 is 0 Å². The van der Waals surface area contributed by atoms with Crippen LogP contribution in [0.1, 0.15) is 26.2 Å². The highest BCUT2D eigenvalue weighted by Crippen LogP contribution is 2.17. The quantitative estimate of drug-likeness (QED) is 0.627. The maximum absolute atomic E-state index is 11.2. The Morgan fingerprint density at radius 1 is 1.83 bits per heavy atom. The minimum Gasteiger partial charge on any atom is -0.463 e. The first-order valence-electron chi connectivity index (χ1n) is 4.35. The lowest BCUT2D eigenvalue weighted by Crippen LogP contribution is -2.25. The molecule has 0 saturated carbocycles. The van der Waals surface area contributed by atoms with E-state index in [9.17, 15) is 4.79 Å². The molecule has 1 rings (SSSR count). The number of allylic oxidation sites excluding steroid dienone is 1. The van der Waals surface area contributed by atoms with Crippen molar-refractivity contribution in [2.45, 2.75) is 32.2 Å². The zero-order valence-electron chi connectivity index (χ0n) is 7.38. The van der Waals surface area contributed by atoms with Crippen molar-refractivity contribution in [3.05, 3.63) is 11.6 Å². The monoisotopic (exact) mass is 169 g/mol. The van der Waals surface area contributed by atoms with Crippen LogP contribution in [0, 0.1) is 0 Å². The largest absolute Gasteiger partial charge is 0.463 e. The molecule has 3 nitrogen and oxygen atoms in total. The molecule has 1 aliphatic carbocycles. The summed E-state index contributed by atoms with van der Waals surface area (Å²) in [6.07, 6.45) is 4.47. The van der Waals surface area contributed by atoms with Crippen molar-refractivity contribution < 1.29 is 9.53 Å². The Morgan fingerprint density at radius 2 is 2.58 bits per heavy atom. The standard InChI is InChI=1S/C9H15NO2/c1-2-12-9(11)7-4-3-5-8(10)6-7/h4,8H,2-3,5-6,10H2,1H3. The maximum Gasteiger partial charge on any atom is 0.333 e. The summed E-state index contributed by atoms with van der Waals surface area (Å²) in [5.41, 5.74) is 6.46. The average Bonchev–Trinajstić information content (AvgIpc) is 2.05. The van der Waals surface area contributed by atoms with E-state index in [1.807, 2.05) is 6.08 Å². The maximum atomic E-state index is 11.2. The van der Waals surface area contributed by atoms with Gasteiger partial charge in [0, 0.05) is 11.6 Å². The first-order chi connectivity index (χ1) is 5.74. The van der Waals surface area contributed by atoms with Crippen molar-refractivity contribution in [2.24, 2.45) is 5.73 Å². The Bertz CT molecular complexity index is 199. The van der Waals surface area contributed by atoms with Gasteiger partial charge in [-0.1, -0.05) is 6.08 Å². The van der Waals surface area contributed by atoms with E-state index in [1.165, 1.54) is 0 Å². The van der Waals surface area contributed by atoms with Gasteiger partial charge in [0.2, 0.25) is 0 Å².